The molecule has 5 rings (SSSR count). The van der Waals surface area contributed by atoms with Crippen LogP contribution in [0.5, 0.6) is 0 Å². The predicted octanol–water partition coefficient (Wildman–Crippen LogP) is 2.49. The second-order valence-electron chi connectivity index (χ2n) is 8.10. The fourth-order valence-electron chi connectivity index (χ4n) is 3.68. The molecule has 2 aromatic heterocycles. The smallest absolute Gasteiger partial charge is 0.282 e. The molecule has 0 aliphatic carbocycles. The number of aromatic nitrogens is 3. The van der Waals surface area contributed by atoms with Gasteiger partial charge in [-0.15, -0.1) is 5.10 Å². The molecule has 36 heavy (non-hydrogen) atoms. The number of benzene rings is 2. The number of hydrogen-bond donors (Lipinski definition) is 1. The van der Waals surface area contributed by atoms with Gasteiger partial charge in [0.1, 0.15) is 22.8 Å². The number of furan rings is 1. The second-order valence-corrected chi connectivity index (χ2v) is 10.7. The van der Waals surface area contributed by atoms with E-state index >= 15 is 0 Å². The summed E-state index contributed by atoms with van der Waals surface area (Å²) in [4.78, 5) is 19.9. The molecule has 1 aliphatic heterocycles. The van der Waals surface area contributed by atoms with Crippen LogP contribution in [0.4, 0.5) is 0 Å². The zero-order valence-electron chi connectivity index (χ0n) is 19.2. The van der Waals surface area contributed by atoms with E-state index in [0.29, 0.717) is 27.5 Å². The molecule has 0 bridgehead atoms. The number of rotatable bonds is 7. The molecule has 13 heteroatoms. The lowest BCUT2D eigenvalue weighted by atomic mass is 10.1. The maximum absolute atomic E-state index is 13.2. The summed E-state index contributed by atoms with van der Waals surface area (Å²) in [6.07, 6.45) is 3.40. The van der Waals surface area contributed by atoms with Crippen LogP contribution in [0.3, 0.4) is 0 Å². The number of carbonyl (C=O) groups excluding carboxylic acids is 1. The van der Waals surface area contributed by atoms with E-state index in [-0.39, 0.29) is 4.90 Å². The number of halogens is 1. The Labute approximate surface area is 211 Å². The molecule has 3 heterocycles. The highest BCUT2D eigenvalue weighted by Gasteiger charge is 2.33. The minimum Gasteiger partial charge on any atom is -0.467 e. The highest BCUT2D eigenvalue weighted by molar-refractivity contribution is 7.89. The van der Waals surface area contributed by atoms with Gasteiger partial charge in [0.25, 0.3) is 5.91 Å². The van der Waals surface area contributed by atoms with E-state index in [9.17, 15) is 13.2 Å². The molecule has 1 aliphatic rings. The standard InChI is InChI=1S/C23H21ClN6O5S/c1-28(2)36(32,33)17-9-10-18-20(12-17)30(27-25-18)35-14-23(31)29-21(22-4-3-11-34-22)13-19(26-29)15-5-7-16(24)8-6-15/h3-13,21,26H,14H2,1-2H3/t21-/m1/s1. The first-order valence-electron chi connectivity index (χ1n) is 10.8. The second kappa shape index (κ2) is 9.30. The normalized spacial score (nSPS) is 15.8. The van der Waals surface area contributed by atoms with Crippen molar-refractivity contribution in [1.82, 2.24) is 29.9 Å². The molecule has 4 aromatic rings. The fourth-order valence-corrected chi connectivity index (χ4v) is 4.72. The number of hydrazine groups is 1. The van der Waals surface area contributed by atoms with Crippen LogP contribution in [-0.4, -0.2) is 59.5 Å². The SMILES string of the molecule is CN(C)S(=O)(=O)c1ccc2nnn(OCC(=O)N3NC(c4ccc(Cl)cc4)=C[C@@H]3c3ccco3)c2c1. The molecule has 0 unspecified atom stereocenters. The molecule has 1 atom stereocenters. The molecule has 0 spiro atoms. The molecule has 0 saturated carbocycles. The van der Waals surface area contributed by atoms with Gasteiger partial charge in [0, 0.05) is 19.1 Å². The fraction of sp³-hybridized carbons (Fsp3) is 0.174. The largest absolute Gasteiger partial charge is 0.467 e. The number of amides is 1. The molecule has 1 amide bonds. The third-order valence-corrected chi connectivity index (χ3v) is 7.64. The average Bonchev–Trinajstić information content (AvgIpc) is 3.62. The van der Waals surface area contributed by atoms with Crippen LogP contribution in [0.1, 0.15) is 17.4 Å². The van der Waals surface area contributed by atoms with E-state index in [1.807, 2.05) is 18.2 Å². The third-order valence-electron chi connectivity index (χ3n) is 5.58. The molecule has 0 fully saturated rings. The van der Waals surface area contributed by atoms with Crippen molar-refractivity contribution in [1.29, 1.82) is 0 Å². The first-order valence-corrected chi connectivity index (χ1v) is 12.6. The van der Waals surface area contributed by atoms with E-state index in [1.54, 1.807) is 24.3 Å². The lowest BCUT2D eigenvalue weighted by molar-refractivity contribution is -0.140. The average molecular weight is 529 g/mol. The number of nitrogens with one attached hydrogen (secondary N) is 1. The number of nitrogens with zero attached hydrogens (tertiary/aromatic N) is 5. The van der Waals surface area contributed by atoms with Crippen molar-refractivity contribution >= 4 is 44.3 Å². The van der Waals surface area contributed by atoms with Gasteiger partial charge < -0.3 is 9.25 Å². The Bertz CT molecular complexity index is 1550. The Balaban J connectivity index is 1.37. The first kappa shape index (κ1) is 23.9. The zero-order valence-corrected chi connectivity index (χ0v) is 20.8. The summed E-state index contributed by atoms with van der Waals surface area (Å²) in [5, 5.41) is 9.87. The Morgan fingerprint density at radius 2 is 1.97 bits per heavy atom. The minimum absolute atomic E-state index is 0.0503. The maximum Gasteiger partial charge on any atom is 0.282 e. The lowest BCUT2D eigenvalue weighted by Gasteiger charge is -2.23. The van der Waals surface area contributed by atoms with Gasteiger partial charge in [-0.05, 0) is 59.3 Å². The molecular weight excluding hydrogens is 508 g/mol. The van der Waals surface area contributed by atoms with E-state index in [2.05, 4.69) is 15.7 Å². The van der Waals surface area contributed by atoms with Crippen molar-refractivity contribution in [3.05, 3.63) is 83.3 Å². The maximum atomic E-state index is 13.2. The van der Waals surface area contributed by atoms with Crippen molar-refractivity contribution in [3.8, 4) is 0 Å². The van der Waals surface area contributed by atoms with E-state index in [1.165, 1.54) is 43.6 Å². The van der Waals surface area contributed by atoms with Gasteiger partial charge in [0.2, 0.25) is 10.0 Å². The van der Waals surface area contributed by atoms with Crippen LogP contribution in [-0.2, 0) is 14.8 Å². The van der Waals surface area contributed by atoms with Gasteiger partial charge in [0.05, 0.1) is 16.9 Å². The van der Waals surface area contributed by atoms with E-state index in [0.717, 1.165) is 14.7 Å². The van der Waals surface area contributed by atoms with Crippen LogP contribution in [0.15, 0.2) is 76.2 Å². The summed E-state index contributed by atoms with van der Waals surface area (Å²) in [7, 11) is -0.798. The molecule has 186 valence electrons. The van der Waals surface area contributed by atoms with Crippen molar-refractivity contribution in [3.63, 3.8) is 0 Å². The lowest BCUT2D eigenvalue weighted by Crippen LogP contribution is -2.43. The number of fused-ring (bicyclic) bond motifs is 1. The molecule has 0 saturated heterocycles. The number of hydrogen-bond acceptors (Lipinski definition) is 8. The Kier molecular flexibility index (Phi) is 6.16. The monoisotopic (exact) mass is 528 g/mol. The van der Waals surface area contributed by atoms with Crippen LogP contribution < -0.4 is 10.3 Å². The van der Waals surface area contributed by atoms with Crippen molar-refractivity contribution in [2.45, 2.75) is 10.9 Å². The Morgan fingerprint density at radius 3 is 2.67 bits per heavy atom. The molecular formula is C23H21ClN6O5S. The van der Waals surface area contributed by atoms with Crippen molar-refractivity contribution < 1.29 is 22.5 Å². The molecule has 1 N–H and O–H groups in total. The minimum atomic E-state index is -3.68. The third kappa shape index (κ3) is 4.41. The Hall–Kier alpha value is -3.87. The van der Waals surface area contributed by atoms with Gasteiger partial charge in [-0.25, -0.2) is 17.7 Å². The quantitative estimate of drug-likeness (QED) is 0.388. The summed E-state index contributed by atoms with van der Waals surface area (Å²) >= 11 is 6.00. The van der Waals surface area contributed by atoms with E-state index < -0.39 is 28.6 Å². The van der Waals surface area contributed by atoms with E-state index in [4.69, 9.17) is 20.9 Å². The highest BCUT2D eigenvalue weighted by atomic mass is 35.5. The molecule has 0 radical (unpaired) electrons. The summed E-state index contributed by atoms with van der Waals surface area (Å²) in [6, 6.07) is 14.5. The molecule has 2 aromatic carbocycles. The number of sulfonamides is 1. The summed E-state index contributed by atoms with van der Waals surface area (Å²) in [5.41, 5.74) is 5.37. The summed E-state index contributed by atoms with van der Waals surface area (Å²) < 4.78 is 31.7. The van der Waals surface area contributed by atoms with Crippen LogP contribution in [0, 0.1) is 0 Å². The summed E-state index contributed by atoms with van der Waals surface area (Å²) in [6.45, 7) is -0.408. The highest BCUT2D eigenvalue weighted by Crippen LogP contribution is 2.32. The zero-order chi connectivity index (χ0) is 25.4. The van der Waals surface area contributed by atoms with Gasteiger partial charge in [-0.2, -0.15) is 0 Å². The van der Waals surface area contributed by atoms with Gasteiger partial charge in [0.15, 0.2) is 6.61 Å². The van der Waals surface area contributed by atoms with Crippen LogP contribution in [0.2, 0.25) is 5.02 Å². The van der Waals surface area contributed by atoms with Gasteiger partial charge in [-0.3, -0.25) is 10.2 Å². The van der Waals surface area contributed by atoms with Crippen molar-refractivity contribution in [2.24, 2.45) is 0 Å². The van der Waals surface area contributed by atoms with Crippen LogP contribution in [0.25, 0.3) is 16.7 Å². The Morgan fingerprint density at radius 1 is 1.19 bits per heavy atom. The van der Waals surface area contributed by atoms with Gasteiger partial charge >= 0.3 is 0 Å². The predicted molar refractivity (Wildman–Crippen MR) is 131 cm³/mol. The topological polar surface area (TPSA) is 123 Å². The number of carbonyl (C=O) groups is 1. The van der Waals surface area contributed by atoms with Gasteiger partial charge in [-0.1, -0.05) is 28.6 Å². The van der Waals surface area contributed by atoms with Crippen LogP contribution >= 0.6 is 11.6 Å². The summed E-state index contributed by atoms with van der Waals surface area (Å²) in [5.74, 6) is 0.141. The van der Waals surface area contributed by atoms with Crippen molar-refractivity contribution in [2.75, 3.05) is 20.7 Å². The molecule has 11 nitrogen and oxygen atoms in total. The first-order chi connectivity index (χ1) is 17.2.